The minimum atomic E-state index is 0.0614. The number of carbonyl (C=O) groups is 1. The molecule has 2 nitrogen and oxygen atoms in total. The van der Waals surface area contributed by atoms with Gasteiger partial charge in [-0.25, -0.2) is 6.57 Å². The molecule has 1 rings (SSSR count). The van der Waals surface area contributed by atoms with Gasteiger partial charge < -0.3 is 4.85 Å². The monoisotopic (exact) mass is 163 g/mol. The Morgan fingerprint density at radius 1 is 1.58 bits per heavy atom. The van der Waals surface area contributed by atoms with E-state index in [1.54, 1.807) is 6.08 Å². The molecule has 0 heterocycles. The Kier molecular flexibility index (Phi) is 2.32. The number of hydrogen-bond donors (Lipinski definition) is 0. The zero-order valence-corrected chi connectivity index (χ0v) is 7.55. The van der Waals surface area contributed by atoms with Crippen LogP contribution < -0.4 is 0 Å². The number of hydrogen-bond acceptors (Lipinski definition) is 1. The zero-order valence-electron chi connectivity index (χ0n) is 7.55. The smallest absolute Gasteiger partial charge is 0.236 e. The first-order valence-electron chi connectivity index (χ1n) is 4.09. The molecule has 0 aromatic heterocycles. The number of nitrogens with zero attached hydrogens (tertiary/aromatic N) is 1. The third kappa shape index (κ3) is 2.20. The average Bonchev–Trinajstić information content (AvgIpc) is 1.82. The molecule has 64 valence electrons. The van der Waals surface area contributed by atoms with Gasteiger partial charge in [0, 0.05) is 12.0 Å². The molecule has 0 spiro atoms. The van der Waals surface area contributed by atoms with Gasteiger partial charge in [0.05, 0.1) is 0 Å². The van der Waals surface area contributed by atoms with E-state index in [0.717, 1.165) is 12.0 Å². The molecule has 0 aromatic carbocycles. The highest BCUT2D eigenvalue weighted by Crippen LogP contribution is 2.33. The molecule has 0 unspecified atom stereocenters. The Labute approximate surface area is 73.1 Å². The van der Waals surface area contributed by atoms with E-state index in [0.29, 0.717) is 13.0 Å². The summed E-state index contributed by atoms with van der Waals surface area (Å²) in [6.07, 6.45) is 3.15. The van der Waals surface area contributed by atoms with Crippen molar-refractivity contribution >= 4 is 5.78 Å². The largest absolute Gasteiger partial charge is 0.312 e. The summed E-state index contributed by atoms with van der Waals surface area (Å²) >= 11 is 0. The summed E-state index contributed by atoms with van der Waals surface area (Å²) in [5.41, 5.74) is 1.05. The van der Waals surface area contributed by atoms with Crippen molar-refractivity contribution in [1.29, 1.82) is 0 Å². The highest BCUT2D eigenvalue weighted by atomic mass is 16.1. The second kappa shape index (κ2) is 3.10. The average molecular weight is 163 g/mol. The first kappa shape index (κ1) is 8.99. The van der Waals surface area contributed by atoms with Crippen LogP contribution in [0.5, 0.6) is 0 Å². The Hall–Kier alpha value is -1.10. The lowest BCUT2D eigenvalue weighted by molar-refractivity contribution is -0.117. The van der Waals surface area contributed by atoms with E-state index < -0.39 is 0 Å². The van der Waals surface area contributed by atoms with Gasteiger partial charge in [-0.3, -0.25) is 4.79 Å². The molecule has 1 aliphatic rings. The fourth-order valence-corrected chi connectivity index (χ4v) is 1.68. The van der Waals surface area contributed by atoms with Crippen molar-refractivity contribution in [2.75, 3.05) is 6.54 Å². The van der Waals surface area contributed by atoms with Crippen LogP contribution in [0, 0.1) is 12.0 Å². The standard InChI is InChI=1S/C10H13NO/c1-10(2)5-8(7-11-3)4-9(12)6-10/h4H,5-7H2,1-2H3. The summed E-state index contributed by atoms with van der Waals surface area (Å²) in [5, 5.41) is 0. The number of rotatable bonds is 1. The second-order valence-corrected chi connectivity index (χ2v) is 4.10. The lowest BCUT2D eigenvalue weighted by Crippen LogP contribution is -2.22. The molecule has 12 heavy (non-hydrogen) atoms. The van der Waals surface area contributed by atoms with Crippen LogP contribution in [-0.4, -0.2) is 12.3 Å². The predicted molar refractivity (Wildman–Crippen MR) is 47.6 cm³/mol. The van der Waals surface area contributed by atoms with Gasteiger partial charge in [-0.1, -0.05) is 13.8 Å². The third-order valence-electron chi connectivity index (χ3n) is 2.01. The molecule has 0 amide bonds. The zero-order chi connectivity index (χ0) is 9.19. The molecule has 1 aliphatic carbocycles. The van der Waals surface area contributed by atoms with Gasteiger partial charge in [0.1, 0.15) is 0 Å². The van der Waals surface area contributed by atoms with E-state index in [9.17, 15) is 4.79 Å². The van der Waals surface area contributed by atoms with Crippen LogP contribution >= 0.6 is 0 Å². The first-order chi connectivity index (χ1) is 5.53. The van der Waals surface area contributed by atoms with Crippen molar-refractivity contribution < 1.29 is 4.79 Å². The van der Waals surface area contributed by atoms with E-state index >= 15 is 0 Å². The van der Waals surface area contributed by atoms with Crippen LogP contribution in [0.15, 0.2) is 11.6 Å². The SMILES string of the molecule is [C-]#[N+]CC1=CC(=O)CC(C)(C)C1. The van der Waals surface area contributed by atoms with E-state index in [2.05, 4.69) is 18.7 Å². The summed E-state index contributed by atoms with van der Waals surface area (Å²) in [5.74, 6) is 0.171. The van der Waals surface area contributed by atoms with Crippen LogP contribution in [0.1, 0.15) is 26.7 Å². The maximum Gasteiger partial charge on any atom is 0.236 e. The summed E-state index contributed by atoms with van der Waals surface area (Å²) in [6.45, 7) is 11.2. The van der Waals surface area contributed by atoms with Gasteiger partial charge in [-0.15, -0.1) is 0 Å². The van der Waals surface area contributed by atoms with Crippen LogP contribution in [0.2, 0.25) is 0 Å². The second-order valence-electron chi connectivity index (χ2n) is 4.10. The summed E-state index contributed by atoms with van der Waals surface area (Å²) in [4.78, 5) is 14.5. The Balaban J connectivity index is 2.78. The van der Waals surface area contributed by atoms with E-state index in [4.69, 9.17) is 6.57 Å². The fourth-order valence-electron chi connectivity index (χ4n) is 1.68. The molecule has 0 saturated heterocycles. The molecule has 0 atom stereocenters. The van der Waals surface area contributed by atoms with E-state index in [-0.39, 0.29) is 11.2 Å². The fraction of sp³-hybridized carbons (Fsp3) is 0.600. The van der Waals surface area contributed by atoms with Gasteiger partial charge in [0.2, 0.25) is 6.54 Å². The highest BCUT2D eigenvalue weighted by molar-refractivity contribution is 5.91. The summed E-state index contributed by atoms with van der Waals surface area (Å²) < 4.78 is 0. The Morgan fingerprint density at radius 2 is 2.25 bits per heavy atom. The van der Waals surface area contributed by atoms with Gasteiger partial charge in [0.15, 0.2) is 5.78 Å². The van der Waals surface area contributed by atoms with Gasteiger partial charge in [-0.05, 0) is 17.9 Å². The van der Waals surface area contributed by atoms with Gasteiger partial charge >= 0.3 is 0 Å². The summed E-state index contributed by atoms with van der Waals surface area (Å²) in [6, 6.07) is 0. The molecule has 0 bridgehead atoms. The van der Waals surface area contributed by atoms with Crippen molar-refractivity contribution in [2.45, 2.75) is 26.7 Å². The van der Waals surface area contributed by atoms with Crippen molar-refractivity contribution in [2.24, 2.45) is 5.41 Å². The third-order valence-corrected chi connectivity index (χ3v) is 2.01. The molecular formula is C10H13NO. The number of carbonyl (C=O) groups excluding carboxylic acids is 1. The Bertz CT molecular complexity index is 268. The van der Waals surface area contributed by atoms with Crippen LogP contribution in [0.25, 0.3) is 4.85 Å². The van der Waals surface area contributed by atoms with Gasteiger partial charge in [-0.2, -0.15) is 0 Å². The quantitative estimate of drug-likeness (QED) is 0.543. The lowest BCUT2D eigenvalue weighted by atomic mass is 9.77. The lowest BCUT2D eigenvalue weighted by Gasteiger charge is -2.26. The summed E-state index contributed by atoms with van der Waals surface area (Å²) in [7, 11) is 0. The molecule has 0 aliphatic heterocycles. The van der Waals surface area contributed by atoms with Crippen LogP contribution in [-0.2, 0) is 4.79 Å². The molecule has 0 N–H and O–H groups in total. The molecule has 0 saturated carbocycles. The maximum absolute atomic E-state index is 11.2. The minimum Gasteiger partial charge on any atom is -0.312 e. The number of allylic oxidation sites excluding steroid dienone is 1. The van der Waals surface area contributed by atoms with Gasteiger partial charge in [0.25, 0.3) is 0 Å². The normalized spacial score (nSPS) is 21.4. The van der Waals surface area contributed by atoms with Crippen LogP contribution in [0.4, 0.5) is 0 Å². The van der Waals surface area contributed by atoms with Crippen LogP contribution in [0.3, 0.4) is 0 Å². The Morgan fingerprint density at radius 3 is 2.75 bits per heavy atom. The van der Waals surface area contributed by atoms with E-state index in [1.807, 2.05) is 0 Å². The first-order valence-corrected chi connectivity index (χ1v) is 4.09. The number of ketones is 1. The molecule has 2 heteroatoms. The predicted octanol–water partition coefficient (Wildman–Crippen LogP) is 2.22. The van der Waals surface area contributed by atoms with Crippen molar-refractivity contribution in [3.63, 3.8) is 0 Å². The van der Waals surface area contributed by atoms with Crippen molar-refractivity contribution in [3.8, 4) is 0 Å². The molecular weight excluding hydrogens is 150 g/mol. The minimum absolute atomic E-state index is 0.0614. The molecule has 0 fully saturated rings. The van der Waals surface area contributed by atoms with Crippen molar-refractivity contribution in [3.05, 3.63) is 23.1 Å². The molecule has 0 aromatic rings. The highest BCUT2D eigenvalue weighted by Gasteiger charge is 2.28. The molecule has 0 radical (unpaired) electrons. The van der Waals surface area contributed by atoms with Crippen molar-refractivity contribution in [1.82, 2.24) is 0 Å². The maximum atomic E-state index is 11.2. The topological polar surface area (TPSA) is 21.4 Å². The van der Waals surface area contributed by atoms with E-state index in [1.165, 1.54) is 0 Å².